The Bertz CT molecular complexity index is 3310. The first-order chi connectivity index (χ1) is 33.1. The number of alkyl halides is 3. The summed E-state index contributed by atoms with van der Waals surface area (Å²) in [5.74, 6) is 2.28. The van der Waals surface area contributed by atoms with Gasteiger partial charge in [0.25, 0.3) is 0 Å². The van der Waals surface area contributed by atoms with Crippen molar-refractivity contribution in [2.24, 2.45) is 0 Å². The molecule has 0 amide bonds. The van der Waals surface area contributed by atoms with Gasteiger partial charge in [-0.1, -0.05) is 23.5 Å². The summed E-state index contributed by atoms with van der Waals surface area (Å²) in [6.07, 6.45) is 0. The van der Waals surface area contributed by atoms with E-state index in [1.165, 1.54) is 61.2 Å². The molecule has 10 nitrogen and oxygen atoms in total. The van der Waals surface area contributed by atoms with E-state index in [4.69, 9.17) is 26.2 Å². The average Bonchev–Trinajstić information content (AvgIpc) is 3.87. The van der Waals surface area contributed by atoms with Gasteiger partial charge < -0.3 is 19.7 Å². The Morgan fingerprint density at radius 3 is 1.58 bits per heavy atom. The third kappa shape index (κ3) is 11.5. The van der Waals surface area contributed by atoms with Gasteiger partial charge in [-0.05, 0) is 60.2 Å². The predicted octanol–water partition coefficient (Wildman–Crippen LogP) is 14.9. The van der Waals surface area contributed by atoms with Crippen LogP contribution in [0.2, 0.25) is 0 Å². The van der Waals surface area contributed by atoms with Crippen LogP contribution in [0.25, 0.3) is 42.4 Å². The van der Waals surface area contributed by atoms with E-state index in [9.17, 15) is 36.2 Å². The number of phenols is 2. The van der Waals surface area contributed by atoms with Crippen molar-refractivity contribution in [2.45, 2.75) is 12.4 Å². The molecule has 0 fully saturated rings. The second-order valence-corrected chi connectivity index (χ2v) is 23.3. The summed E-state index contributed by atoms with van der Waals surface area (Å²) < 4.78 is 113. The van der Waals surface area contributed by atoms with Crippen LogP contribution in [0.15, 0.2) is 158 Å². The van der Waals surface area contributed by atoms with Crippen molar-refractivity contribution in [1.82, 2.24) is 0 Å². The third-order valence-electron chi connectivity index (χ3n) is 10.0. The number of hydrogen-bond acceptors (Lipinski definition) is 12. The van der Waals surface area contributed by atoms with Crippen molar-refractivity contribution in [3.63, 3.8) is 0 Å². The number of benzene rings is 7. The Kier molecular flexibility index (Phi) is 15.0. The first-order valence-electron chi connectivity index (χ1n) is 20.5. The van der Waals surface area contributed by atoms with E-state index in [0.717, 1.165) is 48.0 Å². The molecule has 0 saturated heterocycles. The van der Waals surface area contributed by atoms with Crippen LogP contribution in [0.4, 0.5) is 17.6 Å². The molecule has 0 bridgehead atoms. The number of rotatable bonds is 14. The second kappa shape index (κ2) is 21.1. The van der Waals surface area contributed by atoms with Crippen LogP contribution in [-0.2, 0) is 17.4 Å². The Hall–Kier alpha value is -6.42. The maximum absolute atomic E-state index is 13.3. The number of ether oxygens (including phenoxy) is 5. The summed E-state index contributed by atoms with van der Waals surface area (Å²) in [7, 11) is -2.85. The number of fused-ring (bicyclic) bond motifs is 2. The molecule has 2 N–H and O–H groups in total. The van der Waals surface area contributed by atoms with Crippen LogP contribution in [0, 0.1) is 19.9 Å². The van der Waals surface area contributed by atoms with Gasteiger partial charge in [0, 0.05) is 22.8 Å². The van der Waals surface area contributed by atoms with E-state index in [1.54, 1.807) is 109 Å². The zero-order valence-electron chi connectivity index (χ0n) is 36.5. The largest absolute Gasteiger partial charge is 0.508 e. The van der Waals surface area contributed by atoms with Crippen LogP contribution in [-0.4, -0.2) is 45.2 Å². The maximum Gasteiger partial charge on any atom is 0.189 e. The van der Waals surface area contributed by atoms with Gasteiger partial charge in [0.2, 0.25) is 0 Å². The van der Waals surface area contributed by atoms with Gasteiger partial charge in [-0.2, -0.15) is 0 Å². The Balaban J connectivity index is 0.000000216. The molecule has 9 rings (SSSR count). The van der Waals surface area contributed by atoms with Gasteiger partial charge in [0.05, 0.1) is 0 Å². The van der Waals surface area contributed by atoms with E-state index < -0.39 is 35.9 Å². The first-order valence-corrected chi connectivity index (χ1v) is 26.5. The molecule has 7 aromatic carbocycles. The fourth-order valence-corrected chi connectivity index (χ4v) is 15.5. The monoisotopic (exact) mass is 1110 g/mol. The van der Waals surface area contributed by atoms with Crippen LogP contribution in [0.1, 0.15) is 5.56 Å². The summed E-state index contributed by atoms with van der Waals surface area (Å²) in [6.45, 7) is 2.11. The van der Waals surface area contributed by atoms with Gasteiger partial charge in [-0.3, -0.25) is 0 Å². The molecule has 0 aliphatic carbocycles. The minimum Gasteiger partial charge on any atom is -0.508 e. The van der Waals surface area contributed by atoms with Crippen molar-refractivity contribution in [1.29, 1.82) is 0 Å². The standard InChI is InChI=1S/C31H26F3IO7S2.C20H13FO3S/c1-20-4-17-27-28(18-20)43-30(41-26-15-13-25(14-16-26)40-19-38-2)29(27)21-5-7-22(8-6-21)35(42-44(36,37)31(32,33)34)23-9-11-24(39-3)12-10-23;21-13-3-1-12(2-4-13)19-17-10-7-15(23)11-18(17)25-20(19)24-16-8-5-14(22)6-9-16/h4-18H,19H2,1-3H3;1-11,22-23H/i;21-1. The number of halogens is 5. The Labute approximate surface area is 409 Å². The summed E-state index contributed by atoms with van der Waals surface area (Å²) in [6, 6.07) is 43.7. The zero-order valence-corrected chi connectivity index (χ0v) is 41.1. The molecule has 0 aliphatic rings. The number of phenolic OH excluding ortho intramolecular Hbond substituents is 2. The van der Waals surface area contributed by atoms with Gasteiger partial charge in [-0.25, -0.2) is 4.39 Å². The molecule has 0 radical (unpaired) electrons. The normalized spacial score (nSPS) is 11.8. The van der Waals surface area contributed by atoms with Crippen molar-refractivity contribution < 1.29 is 62.4 Å². The minimum atomic E-state index is -5.84. The van der Waals surface area contributed by atoms with Gasteiger partial charge >= 0.3 is 247 Å². The van der Waals surface area contributed by atoms with Crippen molar-refractivity contribution >= 4 is 73.2 Å². The number of thiophene rings is 2. The van der Waals surface area contributed by atoms with Gasteiger partial charge in [0.1, 0.15) is 23.1 Å². The summed E-state index contributed by atoms with van der Waals surface area (Å²) >= 11 is -0.728. The Morgan fingerprint density at radius 2 is 1.04 bits per heavy atom. The number of aryl methyl sites for hydroxylation is 1. The van der Waals surface area contributed by atoms with Crippen LogP contribution >= 0.6 is 42.9 Å². The minimum absolute atomic E-state index is 0.117. The van der Waals surface area contributed by atoms with E-state index in [2.05, 4.69) is 6.07 Å². The molecular formula is C51H39F4IO10S3. The van der Waals surface area contributed by atoms with Gasteiger partial charge in [-0.15, -0.1) is 0 Å². The smallest absolute Gasteiger partial charge is 0.189 e. The molecule has 0 atom stereocenters. The summed E-state index contributed by atoms with van der Waals surface area (Å²) in [5, 5.41) is 22.3. The van der Waals surface area contributed by atoms with E-state index in [1.807, 2.05) is 25.1 Å². The van der Waals surface area contributed by atoms with Crippen LogP contribution < -0.4 is 18.9 Å². The molecule has 356 valence electrons. The zero-order chi connectivity index (χ0) is 48.9. The SMILES string of the molecule is COCOc1ccc(Oc2sc3cc(C)ccc3c2-c2ccc(I(OS(=O)(=O)C(F)(F)F)c3ccc(OC)cc3)cc2)cc1.Oc1ccc(Oc2sc3cc(O)ccc3c2-c2ccc([18F])cc2)cc1. The molecule has 69 heavy (non-hydrogen) atoms. The fourth-order valence-electron chi connectivity index (χ4n) is 6.74. The molecule has 0 unspecified atom stereocenters. The Morgan fingerprint density at radius 1 is 0.580 bits per heavy atom. The molecule has 2 aromatic heterocycles. The predicted molar refractivity (Wildman–Crippen MR) is 269 cm³/mol. The third-order valence-corrected chi connectivity index (χ3v) is 19.1. The number of hydrogen-bond donors (Lipinski definition) is 2. The van der Waals surface area contributed by atoms with Crippen LogP contribution in [0.3, 0.4) is 0 Å². The maximum atomic E-state index is 13.3. The molecule has 0 saturated carbocycles. The van der Waals surface area contributed by atoms with E-state index in [0.29, 0.717) is 40.3 Å². The molecular weight excluding hydrogens is 1070 g/mol. The van der Waals surface area contributed by atoms with Crippen molar-refractivity contribution in [3.05, 3.63) is 176 Å². The number of methoxy groups -OCH3 is 2. The fraction of sp³-hybridized carbons (Fsp3) is 0.0980. The topological polar surface area (TPSA) is 130 Å². The van der Waals surface area contributed by atoms with E-state index in [-0.39, 0.29) is 24.1 Å². The molecule has 2 heterocycles. The molecule has 0 spiro atoms. The first kappa shape index (κ1) is 49.0. The van der Waals surface area contributed by atoms with Gasteiger partial charge in [0.15, 0.2) is 11.9 Å². The van der Waals surface area contributed by atoms with Crippen molar-refractivity contribution in [2.75, 3.05) is 21.0 Å². The van der Waals surface area contributed by atoms with Crippen LogP contribution in [0.5, 0.6) is 44.6 Å². The summed E-state index contributed by atoms with van der Waals surface area (Å²) in [4.78, 5) is 0. The molecule has 0 aliphatic heterocycles. The average molecular weight is 1110 g/mol. The second-order valence-electron chi connectivity index (χ2n) is 14.8. The quantitative estimate of drug-likeness (QED) is 0.0470. The van der Waals surface area contributed by atoms with E-state index >= 15 is 0 Å². The molecule has 9 aromatic rings. The number of aromatic hydroxyl groups is 2. The summed E-state index contributed by atoms with van der Waals surface area (Å²) in [5.41, 5.74) is -1.28. The van der Waals surface area contributed by atoms with Crippen molar-refractivity contribution in [3.8, 4) is 66.9 Å². The molecule has 18 heteroatoms.